The lowest BCUT2D eigenvalue weighted by molar-refractivity contribution is -0.121. The minimum atomic E-state index is -0.694. The Labute approximate surface area is 97.9 Å². The van der Waals surface area contributed by atoms with Crippen LogP contribution in [0.15, 0.2) is 30.3 Å². The third-order valence-electron chi connectivity index (χ3n) is 3.89. The van der Waals surface area contributed by atoms with Gasteiger partial charge in [0.25, 0.3) is 0 Å². The number of benzene rings is 1. The Bertz CT molecular complexity index is 360. The largest absolute Gasteiger partial charge is 0.385 e. The number of hydrogen-bond donors (Lipinski definition) is 1. The number of aliphatic hydroxyl groups is 1. The molecule has 2 rings (SSSR count). The molecule has 0 aromatic heterocycles. The lowest BCUT2D eigenvalue weighted by Gasteiger charge is -2.49. The molecule has 0 aliphatic carbocycles. The van der Waals surface area contributed by atoms with Crippen molar-refractivity contribution in [3.05, 3.63) is 35.9 Å². The predicted octanol–water partition coefficient (Wildman–Crippen LogP) is 2.24. The highest BCUT2D eigenvalue weighted by Crippen LogP contribution is 2.45. The maximum absolute atomic E-state index is 11.0. The molecule has 2 heteroatoms. The van der Waals surface area contributed by atoms with Crippen molar-refractivity contribution in [3.8, 4) is 0 Å². The van der Waals surface area contributed by atoms with E-state index in [2.05, 4.69) is 25.8 Å². The van der Waals surface area contributed by atoms with Crippen LogP contribution in [0.3, 0.4) is 0 Å². The van der Waals surface area contributed by atoms with Gasteiger partial charge in [0.2, 0.25) is 0 Å². The Morgan fingerprint density at radius 2 is 1.81 bits per heavy atom. The molecule has 1 aliphatic rings. The molecular weight excluding hydrogens is 198 g/mol. The average Bonchev–Trinajstić information content (AvgIpc) is 2.25. The first kappa shape index (κ1) is 11.6. The molecule has 1 heterocycles. The molecule has 1 aliphatic heterocycles. The maximum atomic E-state index is 11.0. The van der Waals surface area contributed by atoms with Gasteiger partial charge in [0.1, 0.15) is 0 Å². The molecule has 1 N–H and O–H groups in total. The summed E-state index contributed by atoms with van der Waals surface area (Å²) in [5.41, 5.74) is 0.246. The summed E-state index contributed by atoms with van der Waals surface area (Å²) in [5.74, 6) is 0. The third kappa shape index (κ3) is 1.76. The monoisotopic (exact) mass is 219 g/mol. The van der Waals surface area contributed by atoms with Gasteiger partial charge in [-0.3, -0.25) is 0 Å². The second-order valence-corrected chi connectivity index (χ2v) is 5.60. The number of piperidine rings is 1. The molecule has 1 aromatic carbocycles. The molecular formula is C14H21NO. The molecule has 1 fully saturated rings. The van der Waals surface area contributed by atoms with Gasteiger partial charge in [0.05, 0.1) is 5.60 Å². The van der Waals surface area contributed by atoms with Gasteiger partial charge in [-0.15, -0.1) is 0 Å². The fourth-order valence-corrected chi connectivity index (χ4v) is 2.82. The van der Waals surface area contributed by atoms with E-state index in [0.29, 0.717) is 0 Å². The Kier molecular flexibility index (Phi) is 2.81. The first-order valence-corrected chi connectivity index (χ1v) is 5.92. The van der Waals surface area contributed by atoms with Crippen molar-refractivity contribution >= 4 is 0 Å². The summed E-state index contributed by atoms with van der Waals surface area (Å²) in [6.07, 6.45) is 0.806. The lowest BCUT2D eigenvalue weighted by atomic mass is 9.66. The lowest BCUT2D eigenvalue weighted by Crippen LogP contribution is -2.54. The highest BCUT2D eigenvalue weighted by Gasteiger charge is 2.47. The number of likely N-dealkylation sites (tertiary alicyclic amines) is 1. The number of nitrogens with zero attached hydrogens (tertiary/aromatic N) is 1. The normalized spacial score (nSPS) is 30.2. The number of rotatable bonds is 1. The molecule has 0 unspecified atom stereocenters. The zero-order valence-electron chi connectivity index (χ0n) is 10.4. The molecule has 1 saturated heterocycles. The molecule has 16 heavy (non-hydrogen) atoms. The van der Waals surface area contributed by atoms with Crippen LogP contribution in [0, 0.1) is 5.41 Å². The van der Waals surface area contributed by atoms with Crippen molar-refractivity contribution in [2.24, 2.45) is 5.41 Å². The molecule has 0 bridgehead atoms. The molecule has 2 nitrogen and oxygen atoms in total. The zero-order chi connectivity index (χ0) is 11.8. The van der Waals surface area contributed by atoms with E-state index in [-0.39, 0.29) is 5.41 Å². The van der Waals surface area contributed by atoms with Crippen LogP contribution in [-0.4, -0.2) is 30.1 Å². The van der Waals surface area contributed by atoms with Gasteiger partial charge in [-0.2, -0.15) is 0 Å². The van der Waals surface area contributed by atoms with E-state index >= 15 is 0 Å². The van der Waals surface area contributed by atoms with E-state index in [1.807, 2.05) is 30.3 Å². The summed E-state index contributed by atoms with van der Waals surface area (Å²) in [6.45, 7) is 6.18. The van der Waals surface area contributed by atoms with Crippen LogP contribution in [0.1, 0.15) is 25.8 Å². The first-order valence-electron chi connectivity index (χ1n) is 5.92. The smallest absolute Gasteiger partial charge is 0.0971 e. The minimum absolute atomic E-state index is 0.110. The van der Waals surface area contributed by atoms with Crippen molar-refractivity contribution in [3.63, 3.8) is 0 Å². The van der Waals surface area contributed by atoms with Crippen LogP contribution >= 0.6 is 0 Å². The van der Waals surface area contributed by atoms with E-state index in [1.54, 1.807) is 0 Å². The molecule has 0 saturated carbocycles. The van der Waals surface area contributed by atoms with Crippen molar-refractivity contribution in [2.45, 2.75) is 25.9 Å². The fourth-order valence-electron chi connectivity index (χ4n) is 2.82. The highest BCUT2D eigenvalue weighted by molar-refractivity contribution is 5.26. The topological polar surface area (TPSA) is 23.5 Å². The van der Waals surface area contributed by atoms with E-state index in [0.717, 1.165) is 25.1 Å². The minimum Gasteiger partial charge on any atom is -0.385 e. The van der Waals surface area contributed by atoms with E-state index < -0.39 is 5.60 Å². The zero-order valence-corrected chi connectivity index (χ0v) is 10.4. The van der Waals surface area contributed by atoms with Crippen LogP contribution < -0.4 is 0 Å². The molecule has 0 amide bonds. The Morgan fingerprint density at radius 1 is 1.19 bits per heavy atom. The second-order valence-electron chi connectivity index (χ2n) is 5.60. The number of hydrogen-bond acceptors (Lipinski definition) is 2. The van der Waals surface area contributed by atoms with Gasteiger partial charge in [-0.05, 0) is 19.0 Å². The Hall–Kier alpha value is -0.860. The van der Waals surface area contributed by atoms with Gasteiger partial charge in [0.15, 0.2) is 0 Å². The van der Waals surface area contributed by atoms with Crippen molar-refractivity contribution in [1.82, 2.24) is 4.90 Å². The van der Waals surface area contributed by atoms with Gasteiger partial charge in [-0.25, -0.2) is 0 Å². The summed E-state index contributed by atoms with van der Waals surface area (Å²) in [6, 6.07) is 10.1. The van der Waals surface area contributed by atoms with Crippen LogP contribution in [0.25, 0.3) is 0 Å². The van der Waals surface area contributed by atoms with Crippen LogP contribution in [-0.2, 0) is 5.60 Å². The predicted molar refractivity (Wildman–Crippen MR) is 66.2 cm³/mol. The summed E-state index contributed by atoms with van der Waals surface area (Å²) < 4.78 is 0. The van der Waals surface area contributed by atoms with E-state index in [4.69, 9.17) is 0 Å². The summed E-state index contributed by atoms with van der Waals surface area (Å²) >= 11 is 0. The van der Waals surface area contributed by atoms with E-state index in [9.17, 15) is 5.11 Å². The molecule has 0 radical (unpaired) electrons. The quantitative estimate of drug-likeness (QED) is 0.783. The van der Waals surface area contributed by atoms with E-state index in [1.165, 1.54) is 0 Å². The fraction of sp³-hybridized carbons (Fsp3) is 0.571. The second kappa shape index (κ2) is 3.86. The standard InChI is InChI=1S/C14H21NO/c1-13(2)11-15(3)10-9-14(13,16)12-7-5-4-6-8-12/h4-8,16H,9-11H2,1-3H3/t14-/m1/s1. The van der Waals surface area contributed by atoms with Crippen LogP contribution in [0.2, 0.25) is 0 Å². The Morgan fingerprint density at radius 3 is 2.38 bits per heavy atom. The summed E-state index contributed by atoms with van der Waals surface area (Å²) in [5, 5.41) is 11.0. The first-order chi connectivity index (χ1) is 7.46. The summed E-state index contributed by atoms with van der Waals surface area (Å²) in [4.78, 5) is 2.29. The molecule has 1 aromatic rings. The SMILES string of the molecule is CN1CC[C@@](O)(c2ccccc2)C(C)(C)C1. The Balaban J connectivity index is 2.37. The third-order valence-corrected chi connectivity index (χ3v) is 3.89. The molecule has 1 atom stereocenters. The van der Waals surface area contributed by atoms with Gasteiger partial charge < -0.3 is 10.0 Å². The molecule has 0 spiro atoms. The average molecular weight is 219 g/mol. The van der Waals surface area contributed by atoms with Gasteiger partial charge >= 0.3 is 0 Å². The van der Waals surface area contributed by atoms with Gasteiger partial charge in [-0.1, -0.05) is 44.2 Å². The molecule has 88 valence electrons. The van der Waals surface area contributed by atoms with Crippen LogP contribution in [0.4, 0.5) is 0 Å². The van der Waals surface area contributed by atoms with Crippen molar-refractivity contribution in [1.29, 1.82) is 0 Å². The maximum Gasteiger partial charge on any atom is 0.0971 e. The highest BCUT2D eigenvalue weighted by atomic mass is 16.3. The van der Waals surface area contributed by atoms with Crippen LogP contribution in [0.5, 0.6) is 0 Å². The van der Waals surface area contributed by atoms with Gasteiger partial charge in [0, 0.05) is 18.5 Å². The summed E-state index contributed by atoms with van der Waals surface area (Å²) in [7, 11) is 2.12. The van der Waals surface area contributed by atoms with Crippen molar-refractivity contribution < 1.29 is 5.11 Å². The van der Waals surface area contributed by atoms with Crippen molar-refractivity contribution in [2.75, 3.05) is 20.1 Å².